The molecule has 0 unspecified atom stereocenters. The lowest BCUT2D eigenvalue weighted by Crippen LogP contribution is -2.32. The minimum atomic E-state index is -0.416. The van der Waals surface area contributed by atoms with E-state index < -0.39 is 11.8 Å². The van der Waals surface area contributed by atoms with Crippen LogP contribution in [-0.2, 0) is 20.9 Å². The second kappa shape index (κ2) is 11.5. The van der Waals surface area contributed by atoms with Crippen LogP contribution < -0.4 is 20.3 Å². The summed E-state index contributed by atoms with van der Waals surface area (Å²) in [6.45, 7) is 2.51. The molecule has 0 aromatic heterocycles. The number of benzene rings is 3. The molecule has 1 atom stereocenters. The predicted octanol–water partition coefficient (Wildman–Crippen LogP) is 4.99. The number of hydrogen-bond donors (Lipinski definition) is 2. The third-order valence-electron chi connectivity index (χ3n) is 5.83. The summed E-state index contributed by atoms with van der Waals surface area (Å²) < 4.78 is 5.54. The Hall–Kier alpha value is -3.55. The number of hydrogen-bond acceptors (Lipinski definition) is 4. The van der Waals surface area contributed by atoms with Crippen LogP contribution in [0.4, 0.5) is 11.4 Å². The Bertz CT molecular complexity index is 1260. The monoisotopic (exact) mass is 525 g/mol. The SMILES string of the molecule is Cc1ccc(CNC(=O)[C@H]2CC(=O)N(c3ccc(OCC(=O)Nc4cccc(Cl)c4Cl)cc3)C2)cc1. The van der Waals surface area contributed by atoms with Gasteiger partial charge in [-0.1, -0.05) is 59.1 Å². The van der Waals surface area contributed by atoms with Crippen molar-refractivity contribution in [3.8, 4) is 5.75 Å². The predicted molar refractivity (Wildman–Crippen MR) is 141 cm³/mol. The van der Waals surface area contributed by atoms with Gasteiger partial charge in [-0.05, 0) is 48.9 Å². The van der Waals surface area contributed by atoms with E-state index in [0.29, 0.717) is 35.2 Å². The third kappa shape index (κ3) is 6.36. The average molecular weight is 526 g/mol. The second-order valence-corrected chi connectivity index (χ2v) is 9.33. The Morgan fingerprint density at radius 3 is 2.47 bits per heavy atom. The fraction of sp³-hybridized carbons (Fsp3) is 0.222. The van der Waals surface area contributed by atoms with Crippen LogP contribution in [0.1, 0.15) is 17.5 Å². The van der Waals surface area contributed by atoms with Crippen molar-refractivity contribution in [3.63, 3.8) is 0 Å². The molecule has 4 rings (SSSR count). The van der Waals surface area contributed by atoms with Crippen molar-refractivity contribution in [2.75, 3.05) is 23.4 Å². The highest BCUT2D eigenvalue weighted by atomic mass is 35.5. The number of ether oxygens (including phenoxy) is 1. The number of nitrogens with zero attached hydrogens (tertiary/aromatic N) is 1. The molecule has 0 radical (unpaired) electrons. The van der Waals surface area contributed by atoms with Crippen molar-refractivity contribution in [3.05, 3.63) is 87.9 Å². The highest BCUT2D eigenvalue weighted by Crippen LogP contribution is 2.30. The van der Waals surface area contributed by atoms with Crippen LogP contribution in [0.15, 0.2) is 66.7 Å². The van der Waals surface area contributed by atoms with Crippen LogP contribution >= 0.6 is 23.2 Å². The van der Waals surface area contributed by atoms with Crippen LogP contribution in [-0.4, -0.2) is 30.9 Å². The summed E-state index contributed by atoms with van der Waals surface area (Å²) in [7, 11) is 0. The molecule has 186 valence electrons. The van der Waals surface area contributed by atoms with Crippen LogP contribution in [0.5, 0.6) is 5.75 Å². The van der Waals surface area contributed by atoms with Crippen LogP contribution in [0.25, 0.3) is 0 Å². The van der Waals surface area contributed by atoms with Gasteiger partial charge in [-0.15, -0.1) is 0 Å². The first kappa shape index (κ1) is 25.5. The molecule has 0 bridgehead atoms. The van der Waals surface area contributed by atoms with E-state index in [0.717, 1.165) is 11.1 Å². The molecule has 9 heteroatoms. The van der Waals surface area contributed by atoms with Gasteiger partial charge in [0.25, 0.3) is 5.91 Å². The fourth-order valence-corrected chi connectivity index (χ4v) is 4.18. The Morgan fingerprint density at radius 1 is 1.03 bits per heavy atom. The number of aryl methyl sites for hydroxylation is 1. The van der Waals surface area contributed by atoms with Gasteiger partial charge in [0.2, 0.25) is 11.8 Å². The summed E-state index contributed by atoms with van der Waals surface area (Å²) in [6.07, 6.45) is 0.157. The number of carbonyl (C=O) groups is 3. The molecule has 0 saturated carbocycles. The molecular formula is C27H25Cl2N3O4. The summed E-state index contributed by atoms with van der Waals surface area (Å²) in [4.78, 5) is 39.0. The van der Waals surface area contributed by atoms with Crippen molar-refractivity contribution in [2.45, 2.75) is 19.9 Å². The van der Waals surface area contributed by atoms with Gasteiger partial charge >= 0.3 is 0 Å². The summed E-state index contributed by atoms with van der Waals surface area (Å²) >= 11 is 12.0. The quantitative estimate of drug-likeness (QED) is 0.433. The number of carbonyl (C=O) groups excluding carboxylic acids is 3. The standard InChI is InChI=1S/C27H25Cl2N3O4/c1-17-5-7-18(8-6-17)14-30-27(35)19-13-25(34)32(15-19)20-9-11-21(12-10-20)36-16-24(33)31-23-4-2-3-22(28)26(23)29/h2-12,19H,13-16H2,1H3,(H,30,35)(H,31,33)/t19-/m0/s1. The molecule has 36 heavy (non-hydrogen) atoms. The van der Waals surface area contributed by atoms with Crippen molar-refractivity contribution < 1.29 is 19.1 Å². The zero-order chi connectivity index (χ0) is 25.7. The summed E-state index contributed by atoms with van der Waals surface area (Å²) in [5, 5.41) is 6.17. The first-order chi connectivity index (χ1) is 17.3. The second-order valence-electron chi connectivity index (χ2n) is 8.54. The molecular weight excluding hydrogens is 501 g/mol. The molecule has 1 heterocycles. The van der Waals surface area contributed by atoms with Gasteiger partial charge in [0.05, 0.1) is 21.7 Å². The molecule has 1 fully saturated rings. The van der Waals surface area contributed by atoms with E-state index in [2.05, 4.69) is 10.6 Å². The maximum atomic E-state index is 12.6. The lowest BCUT2D eigenvalue weighted by atomic mass is 10.1. The molecule has 7 nitrogen and oxygen atoms in total. The molecule has 1 aliphatic rings. The largest absolute Gasteiger partial charge is 0.484 e. The summed E-state index contributed by atoms with van der Waals surface area (Å²) in [5.41, 5.74) is 3.23. The summed E-state index contributed by atoms with van der Waals surface area (Å²) in [5.74, 6) is -0.599. The maximum Gasteiger partial charge on any atom is 0.262 e. The zero-order valence-corrected chi connectivity index (χ0v) is 21.1. The lowest BCUT2D eigenvalue weighted by Gasteiger charge is -2.17. The molecule has 3 aromatic rings. The van der Waals surface area contributed by atoms with E-state index in [4.69, 9.17) is 27.9 Å². The molecule has 0 aliphatic carbocycles. The van der Waals surface area contributed by atoms with Crippen LogP contribution in [0, 0.1) is 12.8 Å². The molecule has 2 N–H and O–H groups in total. The highest BCUT2D eigenvalue weighted by Gasteiger charge is 2.35. The van der Waals surface area contributed by atoms with Gasteiger partial charge in [-0.3, -0.25) is 14.4 Å². The number of nitrogens with one attached hydrogen (secondary N) is 2. The number of rotatable bonds is 8. The lowest BCUT2D eigenvalue weighted by molar-refractivity contribution is -0.126. The Balaban J connectivity index is 1.27. The van der Waals surface area contributed by atoms with Gasteiger partial charge in [-0.2, -0.15) is 0 Å². The molecule has 0 spiro atoms. The first-order valence-electron chi connectivity index (χ1n) is 11.4. The maximum absolute atomic E-state index is 12.6. The van der Waals surface area contributed by atoms with Gasteiger partial charge in [0.1, 0.15) is 5.75 Å². The number of halogens is 2. The average Bonchev–Trinajstić information content (AvgIpc) is 3.27. The molecule has 1 saturated heterocycles. The van der Waals surface area contributed by atoms with E-state index in [9.17, 15) is 14.4 Å². The molecule has 1 aliphatic heterocycles. The zero-order valence-electron chi connectivity index (χ0n) is 19.6. The topological polar surface area (TPSA) is 87.7 Å². The van der Waals surface area contributed by atoms with Crippen molar-refractivity contribution in [1.82, 2.24) is 5.32 Å². The van der Waals surface area contributed by atoms with Gasteiger partial charge in [-0.25, -0.2) is 0 Å². The van der Waals surface area contributed by atoms with Crippen LogP contribution in [0.3, 0.4) is 0 Å². The minimum Gasteiger partial charge on any atom is -0.484 e. The minimum absolute atomic E-state index is 0.114. The Kier molecular flexibility index (Phi) is 8.13. The van der Waals surface area contributed by atoms with Gasteiger partial charge < -0.3 is 20.3 Å². The third-order valence-corrected chi connectivity index (χ3v) is 6.65. The van der Waals surface area contributed by atoms with E-state index in [-0.39, 0.29) is 29.9 Å². The molecule has 3 amide bonds. The van der Waals surface area contributed by atoms with Gasteiger partial charge in [0.15, 0.2) is 6.61 Å². The van der Waals surface area contributed by atoms with Crippen LogP contribution in [0.2, 0.25) is 10.0 Å². The van der Waals surface area contributed by atoms with E-state index >= 15 is 0 Å². The van der Waals surface area contributed by atoms with Gasteiger partial charge in [0, 0.05) is 25.2 Å². The van der Waals surface area contributed by atoms with E-state index in [1.54, 1.807) is 47.4 Å². The first-order valence-corrected chi connectivity index (χ1v) is 12.2. The summed E-state index contributed by atoms with van der Waals surface area (Å²) in [6, 6.07) is 19.7. The number of anilines is 2. The fourth-order valence-electron chi connectivity index (χ4n) is 3.83. The smallest absolute Gasteiger partial charge is 0.262 e. The Labute approximate surface area is 219 Å². The van der Waals surface area contributed by atoms with Crippen molar-refractivity contribution in [2.24, 2.45) is 5.92 Å². The normalized spacial score (nSPS) is 15.0. The van der Waals surface area contributed by atoms with E-state index in [1.165, 1.54) is 0 Å². The highest BCUT2D eigenvalue weighted by molar-refractivity contribution is 6.44. The Morgan fingerprint density at radius 2 is 1.75 bits per heavy atom. The van der Waals surface area contributed by atoms with Crippen molar-refractivity contribution >= 4 is 52.3 Å². The van der Waals surface area contributed by atoms with Crippen molar-refractivity contribution in [1.29, 1.82) is 0 Å². The van der Waals surface area contributed by atoms with E-state index in [1.807, 2.05) is 31.2 Å². The molecule has 3 aromatic carbocycles. The number of amides is 3.